The number of rotatable bonds is 0. The second-order valence-corrected chi connectivity index (χ2v) is 2.65. The van der Waals surface area contributed by atoms with Crippen molar-refractivity contribution >= 4 is 0 Å². The van der Waals surface area contributed by atoms with Crippen LogP contribution in [0.3, 0.4) is 0 Å². The van der Waals surface area contributed by atoms with Gasteiger partial charge in [0.25, 0.3) is 0 Å². The van der Waals surface area contributed by atoms with Crippen molar-refractivity contribution in [2.75, 3.05) is 0 Å². The van der Waals surface area contributed by atoms with Crippen LogP contribution in [0.15, 0.2) is 23.9 Å². The summed E-state index contributed by atoms with van der Waals surface area (Å²) in [4.78, 5) is 0. The Morgan fingerprint density at radius 3 is 2.67 bits per heavy atom. The smallest absolute Gasteiger partial charge is 0.102 e. The van der Waals surface area contributed by atoms with Gasteiger partial charge in [-0.2, -0.15) is 0 Å². The SMILES string of the molecule is CC1=CC(C)(N)NC=C1. The first kappa shape index (κ1) is 6.36. The summed E-state index contributed by atoms with van der Waals surface area (Å²) in [5.74, 6) is 0. The molecule has 0 radical (unpaired) electrons. The topological polar surface area (TPSA) is 38.0 Å². The van der Waals surface area contributed by atoms with E-state index >= 15 is 0 Å². The minimum Gasteiger partial charge on any atom is -0.370 e. The fraction of sp³-hybridized carbons (Fsp3) is 0.429. The Balaban J connectivity index is 2.78. The third-order valence-electron chi connectivity index (χ3n) is 1.27. The number of nitrogens with two attached hydrogens (primary N) is 1. The van der Waals surface area contributed by atoms with Gasteiger partial charge in [-0.1, -0.05) is 5.57 Å². The summed E-state index contributed by atoms with van der Waals surface area (Å²) in [7, 11) is 0. The molecular formula is C7H12N2. The molecule has 1 heterocycles. The monoisotopic (exact) mass is 124 g/mol. The quantitative estimate of drug-likeness (QED) is 0.499. The summed E-state index contributed by atoms with van der Waals surface area (Å²) >= 11 is 0. The van der Waals surface area contributed by atoms with E-state index in [0.29, 0.717) is 0 Å². The maximum Gasteiger partial charge on any atom is 0.102 e. The zero-order valence-corrected chi connectivity index (χ0v) is 5.81. The van der Waals surface area contributed by atoms with Gasteiger partial charge in [0.05, 0.1) is 0 Å². The predicted molar refractivity (Wildman–Crippen MR) is 38.6 cm³/mol. The van der Waals surface area contributed by atoms with Crippen LogP contribution in [-0.4, -0.2) is 5.66 Å². The largest absolute Gasteiger partial charge is 0.370 e. The summed E-state index contributed by atoms with van der Waals surface area (Å²) in [6.45, 7) is 3.96. The van der Waals surface area contributed by atoms with Crippen LogP contribution in [0, 0.1) is 0 Å². The van der Waals surface area contributed by atoms with Gasteiger partial charge in [0.1, 0.15) is 5.66 Å². The Hall–Kier alpha value is -0.760. The molecule has 2 nitrogen and oxygen atoms in total. The van der Waals surface area contributed by atoms with Crippen LogP contribution in [-0.2, 0) is 0 Å². The molecule has 0 aromatic rings. The first-order chi connectivity index (χ1) is 4.10. The van der Waals surface area contributed by atoms with Gasteiger partial charge in [-0.15, -0.1) is 0 Å². The summed E-state index contributed by atoms with van der Waals surface area (Å²) in [6.07, 6.45) is 5.86. The van der Waals surface area contributed by atoms with Crippen molar-refractivity contribution in [3.05, 3.63) is 23.9 Å². The standard InChI is InChI=1S/C7H12N2/c1-6-3-4-9-7(2,8)5-6/h3-5,9H,8H2,1-2H3. The fourth-order valence-corrected chi connectivity index (χ4v) is 0.915. The minimum absolute atomic E-state index is 0.348. The Bertz CT molecular complexity index is 166. The highest BCUT2D eigenvalue weighted by atomic mass is 15.1. The van der Waals surface area contributed by atoms with E-state index in [-0.39, 0.29) is 5.66 Å². The van der Waals surface area contributed by atoms with E-state index in [1.807, 2.05) is 32.2 Å². The average molecular weight is 124 g/mol. The van der Waals surface area contributed by atoms with E-state index in [1.54, 1.807) is 0 Å². The van der Waals surface area contributed by atoms with Crippen LogP contribution >= 0.6 is 0 Å². The lowest BCUT2D eigenvalue weighted by Gasteiger charge is -2.24. The highest BCUT2D eigenvalue weighted by molar-refractivity contribution is 5.25. The van der Waals surface area contributed by atoms with Gasteiger partial charge in [-0.3, -0.25) is 0 Å². The number of hydrogen-bond donors (Lipinski definition) is 2. The normalized spacial score (nSPS) is 33.4. The van der Waals surface area contributed by atoms with Crippen LogP contribution in [0.1, 0.15) is 13.8 Å². The van der Waals surface area contributed by atoms with Gasteiger partial charge >= 0.3 is 0 Å². The maximum absolute atomic E-state index is 5.73. The highest BCUT2D eigenvalue weighted by Gasteiger charge is 2.13. The zero-order valence-electron chi connectivity index (χ0n) is 5.81. The van der Waals surface area contributed by atoms with Crippen molar-refractivity contribution < 1.29 is 0 Å². The van der Waals surface area contributed by atoms with Gasteiger partial charge in [0.2, 0.25) is 0 Å². The molecule has 1 atom stereocenters. The highest BCUT2D eigenvalue weighted by Crippen LogP contribution is 2.07. The van der Waals surface area contributed by atoms with Crippen molar-refractivity contribution in [2.24, 2.45) is 5.73 Å². The molecule has 1 aliphatic heterocycles. The number of hydrogen-bond acceptors (Lipinski definition) is 2. The molecule has 0 aromatic carbocycles. The Morgan fingerprint density at radius 1 is 1.67 bits per heavy atom. The molecule has 0 saturated carbocycles. The predicted octanol–water partition coefficient (Wildman–Crippen LogP) is 0.725. The third kappa shape index (κ3) is 1.57. The lowest BCUT2D eigenvalue weighted by atomic mass is 10.1. The lowest BCUT2D eigenvalue weighted by molar-refractivity contribution is 0.514. The molecule has 3 N–H and O–H groups in total. The third-order valence-corrected chi connectivity index (χ3v) is 1.27. The molecule has 1 rings (SSSR count). The second-order valence-electron chi connectivity index (χ2n) is 2.65. The fourth-order valence-electron chi connectivity index (χ4n) is 0.915. The first-order valence-corrected chi connectivity index (χ1v) is 3.03. The lowest BCUT2D eigenvalue weighted by Crippen LogP contribution is -2.47. The number of dihydropyridines is 1. The van der Waals surface area contributed by atoms with Crippen molar-refractivity contribution in [3.63, 3.8) is 0 Å². The molecule has 0 fully saturated rings. The van der Waals surface area contributed by atoms with Crippen molar-refractivity contribution in [1.29, 1.82) is 0 Å². The molecule has 2 heteroatoms. The van der Waals surface area contributed by atoms with Crippen LogP contribution in [0.25, 0.3) is 0 Å². The Kier molecular flexibility index (Phi) is 1.33. The molecule has 9 heavy (non-hydrogen) atoms. The zero-order chi connectivity index (χ0) is 6.91. The van der Waals surface area contributed by atoms with Gasteiger partial charge < -0.3 is 11.1 Å². The second kappa shape index (κ2) is 1.88. The van der Waals surface area contributed by atoms with E-state index in [0.717, 1.165) is 0 Å². The summed E-state index contributed by atoms with van der Waals surface area (Å²) < 4.78 is 0. The van der Waals surface area contributed by atoms with E-state index in [4.69, 9.17) is 5.73 Å². The molecule has 1 aliphatic rings. The van der Waals surface area contributed by atoms with E-state index in [1.165, 1.54) is 5.57 Å². The van der Waals surface area contributed by atoms with Crippen LogP contribution in [0.4, 0.5) is 0 Å². The maximum atomic E-state index is 5.73. The van der Waals surface area contributed by atoms with Crippen LogP contribution in [0.2, 0.25) is 0 Å². The van der Waals surface area contributed by atoms with Crippen molar-refractivity contribution in [3.8, 4) is 0 Å². The summed E-state index contributed by atoms with van der Waals surface area (Å²) in [5, 5.41) is 3.01. The van der Waals surface area contributed by atoms with E-state index in [2.05, 4.69) is 5.32 Å². The summed E-state index contributed by atoms with van der Waals surface area (Å²) in [5.41, 5.74) is 6.59. The molecule has 0 amide bonds. The molecule has 0 saturated heterocycles. The van der Waals surface area contributed by atoms with Gasteiger partial charge in [-0.05, 0) is 32.2 Å². The first-order valence-electron chi connectivity index (χ1n) is 3.03. The molecule has 1 unspecified atom stereocenters. The Morgan fingerprint density at radius 2 is 2.33 bits per heavy atom. The minimum atomic E-state index is -0.348. The van der Waals surface area contributed by atoms with Crippen molar-refractivity contribution in [1.82, 2.24) is 5.32 Å². The average Bonchev–Trinajstić information content (AvgIpc) is 1.60. The molecule has 0 bridgehead atoms. The van der Waals surface area contributed by atoms with Gasteiger partial charge in [0, 0.05) is 0 Å². The van der Waals surface area contributed by atoms with Crippen LogP contribution < -0.4 is 11.1 Å². The van der Waals surface area contributed by atoms with E-state index in [9.17, 15) is 0 Å². The summed E-state index contributed by atoms with van der Waals surface area (Å²) in [6, 6.07) is 0. The molecule has 0 aliphatic carbocycles. The van der Waals surface area contributed by atoms with Gasteiger partial charge in [-0.25, -0.2) is 0 Å². The molecule has 0 spiro atoms. The van der Waals surface area contributed by atoms with Crippen LogP contribution in [0.5, 0.6) is 0 Å². The molecule has 50 valence electrons. The van der Waals surface area contributed by atoms with E-state index < -0.39 is 0 Å². The number of nitrogens with one attached hydrogen (secondary N) is 1. The number of allylic oxidation sites excluding steroid dienone is 2. The Labute approximate surface area is 55.4 Å². The van der Waals surface area contributed by atoms with Crippen molar-refractivity contribution in [2.45, 2.75) is 19.5 Å². The van der Waals surface area contributed by atoms with Gasteiger partial charge in [0.15, 0.2) is 0 Å². The molecule has 0 aromatic heterocycles. The molecular weight excluding hydrogens is 112 g/mol.